The Bertz CT molecular complexity index is 899. The molecule has 1 fully saturated rings. The van der Waals surface area contributed by atoms with Gasteiger partial charge in [0.25, 0.3) is 0 Å². The fourth-order valence-corrected chi connectivity index (χ4v) is 4.31. The monoisotopic (exact) mass is 412 g/mol. The van der Waals surface area contributed by atoms with E-state index in [-0.39, 0.29) is 24.3 Å². The highest BCUT2D eigenvalue weighted by atomic mass is 32.2. The number of carbonyl (C=O) groups excluding carboxylic acids is 1. The number of carbonyl (C=O) groups is 1. The zero-order chi connectivity index (χ0) is 20.0. The first-order valence-electron chi connectivity index (χ1n) is 8.81. The summed E-state index contributed by atoms with van der Waals surface area (Å²) in [5.41, 5.74) is 1.67. The molecule has 2 aromatic rings. The minimum absolute atomic E-state index is 0.138. The van der Waals surface area contributed by atoms with Crippen LogP contribution in [-0.2, 0) is 13.1 Å². The lowest BCUT2D eigenvalue weighted by Gasteiger charge is -2.35. The molecule has 150 valence electrons. The van der Waals surface area contributed by atoms with Crippen molar-refractivity contribution in [2.75, 3.05) is 16.2 Å². The van der Waals surface area contributed by atoms with Gasteiger partial charge in [0.15, 0.2) is 17.5 Å². The second-order valence-electron chi connectivity index (χ2n) is 6.93. The number of urea groups is 1. The summed E-state index contributed by atoms with van der Waals surface area (Å²) in [5, 5.41) is 6.88. The van der Waals surface area contributed by atoms with Crippen LogP contribution >= 0.6 is 12.1 Å². The van der Waals surface area contributed by atoms with Gasteiger partial charge >= 0.3 is 6.03 Å². The fraction of sp³-hybridized carbons (Fsp3) is 0.412. The molecule has 2 amide bonds. The lowest BCUT2D eigenvalue weighted by molar-refractivity contribution is 0.161. The van der Waals surface area contributed by atoms with Crippen molar-refractivity contribution in [3.63, 3.8) is 0 Å². The van der Waals surface area contributed by atoms with Crippen LogP contribution in [0.1, 0.15) is 19.5 Å². The number of amides is 2. The summed E-state index contributed by atoms with van der Waals surface area (Å²) in [5.74, 6) is -4.27. The molecule has 4 rings (SSSR count). The predicted molar refractivity (Wildman–Crippen MR) is 100 cm³/mol. The Kier molecular flexibility index (Phi) is 4.88. The van der Waals surface area contributed by atoms with Gasteiger partial charge in [-0.25, -0.2) is 22.7 Å². The minimum atomic E-state index is -1.57. The van der Waals surface area contributed by atoms with Gasteiger partial charge < -0.3 is 10.2 Å². The first kappa shape index (κ1) is 18.9. The topological polar surface area (TPSA) is 65.4 Å². The highest BCUT2D eigenvalue weighted by Gasteiger charge is 2.33. The van der Waals surface area contributed by atoms with Crippen molar-refractivity contribution in [1.29, 1.82) is 0 Å². The summed E-state index contributed by atoms with van der Waals surface area (Å²) in [6.45, 7) is 5.57. The SMILES string of the molecule is CC1CNSN1c1cnn2c1CN(C(=O)Nc1cc(F)c(F)c(F)c1)[C@@H](C)C2. The molecular formula is C17H19F3N6OS. The molecule has 0 spiro atoms. The third-order valence-corrected chi connectivity index (χ3v) is 5.94. The summed E-state index contributed by atoms with van der Waals surface area (Å²) in [7, 11) is 0. The Labute approximate surface area is 164 Å². The number of hydrogen-bond donors (Lipinski definition) is 2. The van der Waals surface area contributed by atoms with E-state index in [1.165, 1.54) is 12.1 Å². The molecule has 1 saturated heterocycles. The van der Waals surface area contributed by atoms with E-state index >= 15 is 0 Å². The van der Waals surface area contributed by atoms with E-state index < -0.39 is 23.5 Å². The van der Waals surface area contributed by atoms with Gasteiger partial charge in [0.1, 0.15) is 0 Å². The molecule has 7 nitrogen and oxygen atoms in total. The van der Waals surface area contributed by atoms with Crippen LogP contribution in [0.4, 0.5) is 29.3 Å². The predicted octanol–water partition coefficient (Wildman–Crippen LogP) is 3.10. The number of benzene rings is 1. The molecule has 2 aliphatic rings. The summed E-state index contributed by atoms with van der Waals surface area (Å²) >= 11 is 1.49. The maximum atomic E-state index is 13.4. The van der Waals surface area contributed by atoms with Gasteiger partial charge in [0.05, 0.1) is 42.8 Å². The number of nitrogens with zero attached hydrogens (tertiary/aromatic N) is 4. The lowest BCUT2D eigenvalue weighted by atomic mass is 10.2. The van der Waals surface area contributed by atoms with Crippen molar-refractivity contribution in [3.8, 4) is 0 Å². The molecule has 0 saturated carbocycles. The van der Waals surface area contributed by atoms with E-state index in [4.69, 9.17) is 0 Å². The molecule has 0 radical (unpaired) electrons. The number of rotatable bonds is 2. The van der Waals surface area contributed by atoms with Gasteiger partial charge in [0, 0.05) is 36.5 Å². The van der Waals surface area contributed by atoms with Crippen LogP contribution in [-0.4, -0.2) is 39.3 Å². The van der Waals surface area contributed by atoms with Crippen molar-refractivity contribution in [3.05, 3.63) is 41.5 Å². The Morgan fingerprint density at radius 1 is 1.25 bits per heavy atom. The molecule has 1 aromatic carbocycles. The number of anilines is 2. The van der Waals surface area contributed by atoms with Crippen LogP contribution in [0, 0.1) is 17.5 Å². The second-order valence-corrected chi connectivity index (χ2v) is 7.80. The summed E-state index contributed by atoms with van der Waals surface area (Å²) in [6, 6.07) is 1.09. The summed E-state index contributed by atoms with van der Waals surface area (Å²) < 4.78 is 47.2. The summed E-state index contributed by atoms with van der Waals surface area (Å²) in [6.07, 6.45) is 1.78. The first-order chi connectivity index (χ1) is 13.3. The molecule has 11 heteroatoms. The third kappa shape index (κ3) is 3.28. The Morgan fingerprint density at radius 2 is 1.96 bits per heavy atom. The van der Waals surface area contributed by atoms with Crippen molar-refractivity contribution in [2.24, 2.45) is 0 Å². The maximum absolute atomic E-state index is 13.4. The Morgan fingerprint density at radius 3 is 2.61 bits per heavy atom. The van der Waals surface area contributed by atoms with Crippen LogP contribution < -0.4 is 14.3 Å². The Hall–Kier alpha value is -2.40. The van der Waals surface area contributed by atoms with E-state index in [2.05, 4.69) is 26.4 Å². The van der Waals surface area contributed by atoms with E-state index in [0.29, 0.717) is 6.54 Å². The fourth-order valence-electron chi connectivity index (χ4n) is 3.35. The second kappa shape index (κ2) is 7.21. The molecular weight excluding hydrogens is 393 g/mol. The van der Waals surface area contributed by atoms with E-state index in [9.17, 15) is 18.0 Å². The number of halogens is 3. The molecule has 0 bridgehead atoms. The smallest absolute Gasteiger partial charge is 0.314 e. The van der Waals surface area contributed by atoms with Gasteiger partial charge in [-0.2, -0.15) is 5.10 Å². The van der Waals surface area contributed by atoms with Crippen molar-refractivity contribution in [1.82, 2.24) is 19.4 Å². The van der Waals surface area contributed by atoms with Crippen LogP contribution in [0.5, 0.6) is 0 Å². The minimum Gasteiger partial charge on any atom is -0.314 e. The Balaban J connectivity index is 1.55. The van der Waals surface area contributed by atoms with Gasteiger partial charge in [-0.1, -0.05) is 0 Å². The molecule has 28 heavy (non-hydrogen) atoms. The number of nitrogens with one attached hydrogen (secondary N) is 2. The average Bonchev–Trinajstić information content (AvgIpc) is 3.24. The number of aromatic nitrogens is 2. The van der Waals surface area contributed by atoms with Crippen molar-refractivity contribution >= 4 is 29.5 Å². The maximum Gasteiger partial charge on any atom is 0.322 e. The number of fused-ring (bicyclic) bond motifs is 1. The molecule has 3 heterocycles. The van der Waals surface area contributed by atoms with Crippen molar-refractivity contribution < 1.29 is 18.0 Å². The van der Waals surface area contributed by atoms with E-state index in [0.717, 1.165) is 30.1 Å². The van der Waals surface area contributed by atoms with Crippen molar-refractivity contribution in [2.45, 2.75) is 39.0 Å². The molecule has 0 aliphatic carbocycles. The van der Waals surface area contributed by atoms with E-state index in [1.807, 2.05) is 11.6 Å². The average molecular weight is 412 g/mol. The normalized spacial score (nSPS) is 21.8. The van der Waals surface area contributed by atoms with Gasteiger partial charge in [-0.15, -0.1) is 0 Å². The largest absolute Gasteiger partial charge is 0.322 e. The van der Waals surface area contributed by atoms with Gasteiger partial charge in [-0.3, -0.25) is 8.99 Å². The molecule has 2 aliphatic heterocycles. The lowest BCUT2D eigenvalue weighted by Crippen LogP contribution is -2.47. The molecule has 1 unspecified atom stereocenters. The van der Waals surface area contributed by atoms with Gasteiger partial charge in [0.2, 0.25) is 0 Å². The molecule has 2 N–H and O–H groups in total. The standard InChI is InChI=1S/C17H19F3N6OS/c1-9-5-22-28-26(9)14-6-21-25-7-10(2)24(8-15(14)25)17(27)23-11-3-12(18)16(20)13(19)4-11/h3-4,6,9-10,22H,5,7-8H2,1-2H3,(H,23,27)/t9?,10-/m0/s1. The van der Waals surface area contributed by atoms with Crippen LogP contribution in [0.3, 0.4) is 0 Å². The van der Waals surface area contributed by atoms with Crippen LogP contribution in [0.15, 0.2) is 18.3 Å². The first-order valence-corrected chi connectivity index (χ1v) is 9.58. The quantitative estimate of drug-likeness (QED) is 0.586. The number of hydrogen-bond acceptors (Lipinski definition) is 5. The third-order valence-electron chi connectivity index (χ3n) is 4.89. The van der Waals surface area contributed by atoms with E-state index in [1.54, 1.807) is 11.1 Å². The molecule has 1 aromatic heterocycles. The van der Waals surface area contributed by atoms with Gasteiger partial charge in [-0.05, 0) is 13.8 Å². The molecule has 2 atom stereocenters. The summed E-state index contributed by atoms with van der Waals surface area (Å²) in [4.78, 5) is 14.3. The van der Waals surface area contributed by atoms with Crippen LogP contribution in [0.2, 0.25) is 0 Å². The highest BCUT2D eigenvalue weighted by molar-refractivity contribution is 7.99. The van der Waals surface area contributed by atoms with Crippen LogP contribution in [0.25, 0.3) is 0 Å². The zero-order valence-electron chi connectivity index (χ0n) is 15.2. The zero-order valence-corrected chi connectivity index (χ0v) is 16.1. The highest BCUT2D eigenvalue weighted by Crippen LogP contribution is 2.34.